The monoisotopic (exact) mass is 588 g/mol. The molecule has 236 valence electrons. The summed E-state index contributed by atoms with van der Waals surface area (Å²) in [6.45, 7) is 4.03. The van der Waals surface area contributed by atoms with Gasteiger partial charge in [0.15, 0.2) is 0 Å². The average molecular weight is 589 g/mol. The molecule has 1 amide bonds. The van der Waals surface area contributed by atoms with E-state index in [1.807, 2.05) is 6.08 Å². The van der Waals surface area contributed by atoms with Crippen LogP contribution in [0.2, 0.25) is 0 Å². The number of aliphatic hydroxyl groups is 1. The molecule has 9 heteroatoms. The molecule has 0 radical (unpaired) electrons. The van der Waals surface area contributed by atoms with Crippen molar-refractivity contribution in [2.45, 2.75) is 148 Å². The summed E-state index contributed by atoms with van der Waals surface area (Å²) in [6, 6.07) is -0.858. The fraction of sp³-hybridized carbons (Fsp3) is 0.839. The van der Waals surface area contributed by atoms with Gasteiger partial charge in [0.05, 0.1) is 25.4 Å². The topological polar surface area (TPSA) is 131 Å². The normalized spacial score (nSPS) is 15.0. The molecule has 40 heavy (non-hydrogen) atoms. The van der Waals surface area contributed by atoms with Crippen LogP contribution in [0.4, 0.5) is 0 Å². The number of aliphatic hydroxyl groups excluding tert-OH is 1. The lowest BCUT2D eigenvalue weighted by Gasteiger charge is -2.23. The molecule has 3 atom stereocenters. The molecule has 0 aliphatic heterocycles. The van der Waals surface area contributed by atoms with E-state index in [1.165, 1.54) is 64.2 Å². The van der Waals surface area contributed by atoms with E-state index >= 15 is 0 Å². The maximum atomic E-state index is 12.6. The van der Waals surface area contributed by atoms with Gasteiger partial charge in [0.2, 0.25) is 5.91 Å². The zero-order valence-corrected chi connectivity index (χ0v) is 26.5. The van der Waals surface area contributed by atoms with Gasteiger partial charge in [-0.1, -0.05) is 109 Å². The molecule has 3 unspecified atom stereocenters. The Hall–Kier alpha value is -1.02. The predicted molar refractivity (Wildman–Crippen MR) is 166 cm³/mol. The van der Waals surface area contributed by atoms with Crippen molar-refractivity contribution in [2.24, 2.45) is 5.73 Å². The van der Waals surface area contributed by atoms with Gasteiger partial charge >= 0.3 is 7.82 Å². The molecule has 0 aromatic carbocycles. The fourth-order valence-electron chi connectivity index (χ4n) is 4.30. The van der Waals surface area contributed by atoms with Gasteiger partial charge in [-0.15, -0.1) is 0 Å². The Kier molecular flexibility index (Phi) is 27.4. The van der Waals surface area contributed by atoms with E-state index in [9.17, 15) is 19.4 Å². The zero-order chi connectivity index (χ0) is 29.7. The highest BCUT2D eigenvalue weighted by atomic mass is 31.2. The maximum absolute atomic E-state index is 12.6. The molecule has 0 fully saturated rings. The molecule has 0 aromatic rings. The van der Waals surface area contributed by atoms with Gasteiger partial charge < -0.3 is 21.1 Å². The van der Waals surface area contributed by atoms with E-state index in [0.29, 0.717) is 6.42 Å². The van der Waals surface area contributed by atoms with Crippen molar-refractivity contribution in [1.29, 1.82) is 0 Å². The number of hydrogen-bond acceptors (Lipinski definition) is 6. The van der Waals surface area contributed by atoms with Crippen molar-refractivity contribution in [3.05, 3.63) is 24.3 Å². The molecular formula is C31H61N2O6P. The number of nitrogens with two attached hydrogens (primary N) is 1. The smallest absolute Gasteiger partial charge is 0.387 e. The summed E-state index contributed by atoms with van der Waals surface area (Å²) in [4.78, 5) is 22.4. The summed E-state index contributed by atoms with van der Waals surface area (Å²) in [6.07, 6.45) is 27.9. The van der Waals surface area contributed by atoms with Crippen LogP contribution < -0.4 is 11.1 Å². The number of allylic oxidation sites excluding steroid dienone is 3. The maximum Gasteiger partial charge on any atom is 0.472 e. The molecule has 0 aliphatic carbocycles. The van der Waals surface area contributed by atoms with Crippen LogP contribution in [-0.4, -0.2) is 47.8 Å². The molecule has 0 aliphatic rings. The molecule has 0 aromatic heterocycles. The van der Waals surface area contributed by atoms with Gasteiger partial charge in [0.1, 0.15) is 0 Å². The fourth-order valence-corrected chi connectivity index (χ4v) is 5.06. The van der Waals surface area contributed by atoms with Crippen LogP contribution in [0.5, 0.6) is 0 Å². The number of carbonyl (C=O) groups is 1. The van der Waals surface area contributed by atoms with Crippen molar-refractivity contribution in [3.8, 4) is 0 Å². The highest BCUT2D eigenvalue weighted by Gasteiger charge is 2.26. The van der Waals surface area contributed by atoms with Crippen LogP contribution in [0.3, 0.4) is 0 Å². The molecule has 0 saturated heterocycles. The highest BCUT2D eigenvalue weighted by Crippen LogP contribution is 2.43. The van der Waals surface area contributed by atoms with Gasteiger partial charge in [-0.2, -0.15) is 0 Å². The molecular weight excluding hydrogens is 527 g/mol. The summed E-state index contributed by atoms with van der Waals surface area (Å²) < 4.78 is 21.9. The van der Waals surface area contributed by atoms with Crippen LogP contribution in [0.15, 0.2) is 24.3 Å². The molecule has 0 saturated carbocycles. The van der Waals surface area contributed by atoms with Crippen LogP contribution in [-0.2, 0) is 18.4 Å². The average Bonchev–Trinajstić information content (AvgIpc) is 2.93. The van der Waals surface area contributed by atoms with Crippen molar-refractivity contribution in [1.82, 2.24) is 5.32 Å². The third kappa shape index (κ3) is 25.9. The Morgan fingerprint density at radius 1 is 0.800 bits per heavy atom. The van der Waals surface area contributed by atoms with Crippen molar-refractivity contribution >= 4 is 13.7 Å². The molecule has 0 bridgehead atoms. The van der Waals surface area contributed by atoms with Gasteiger partial charge in [-0.05, 0) is 44.9 Å². The molecule has 5 N–H and O–H groups in total. The number of unbranched alkanes of at least 4 members (excludes halogenated alkanes) is 15. The molecule has 0 rings (SSSR count). The minimum atomic E-state index is -4.32. The van der Waals surface area contributed by atoms with Crippen molar-refractivity contribution in [2.75, 3.05) is 19.8 Å². The van der Waals surface area contributed by atoms with E-state index in [-0.39, 0.29) is 25.7 Å². The predicted octanol–water partition coefficient (Wildman–Crippen LogP) is 7.49. The Morgan fingerprint density at radius 2 is 1.30 bits per heavy atom. The first-order chi connectivity index (χ1) is 19.4. The van der Waals surface area contributed by atoms with E-state index in [1.54, 1.807) is 6.08 Å². The quantitative estimate of drug-likeness (QED) is 0.0404. The largest absolute Gasteiger partial charge is 0.472 e. The van der Waals surface area contributed by atoms with E-state index in [0.717, 1.165) is 51.4 Å². The number of carbonyl (C=O) groups excluding carboxylic acids is 1. The second-order valence-electron chi connectivity index (χ2n) is 10.7. The first-order valence-corrected chi connectivity index (χ1v) is 17.5. The lowest BCUT2D eigenvalue weighted by atomic mass is 10.1. The lowest BCUT2D eigenvalue weighted by molar-refractivity contribution is -0.123. The zero-order valence-electron chi connectivity index (χ0n) is 25.6. The van der Waals surface area contributed by atoms with E-state index in [4.69, 9.17) is 14.8 Å². The van der Waals surface area contributed by atoms with E-state index in [2.05, 4.69) is 31.3 Å². The number of nitrogens with one attached hydrogen (secondary N) is 1. The van der Waals surface area contributed by atoms with Crippen LogP contribution in [0, 0.1) is 0 Å². The van der Waals surface area contributed by atoms with Crippen molar-refractivity contribution < 1.29 is 28.4 Å². The van der Waals surface area contributed by atoms with Crippen molar-refractivity contribution in [3.63, 3.8) is 0 Å². The number of phosphoric ester groups is 1. The standard InChI is InChI=1S/C31H61N2O6P/c1-3-5-7-9-11-13-14-15-17-19-21-23-25-31(35)33-29(28-39-40(36,37)38-27-26-32)30(34)24-22-20-18-16-12-10-8-6-4-2/h11,13,22,24,29-30,34H,3-10,12,14-21,23,25-28,32H2,1-2H3,(H,33,35)(H,36,37)/b13-11-,24-22+. The third-order valence-electron chi connectivity index (χ3n) is 6.77. The van der Waals surface area contributed by atoms with E-state index < -0.39 is 20.0 Å². The summed E-state index contributed by atoms with van der Waals surface area (Å²) in [7, 11) is -4.32. The Balaban J connectivity index is 4.44. The van der Waals surface area contributed by atoms with Crippen LogP contribution in [0.1, 0.15) is 136 Å². The molecule has 0 heterocycles. The summed E-state index contributed by atoms with van der Waals surface area (Å²) in [5.74, 6) is -0.209. The summed E-state index contributed by atoms with van der Waals surface area (Å²) >= 11 is 0. The number of rotatable bonds is 29. The summed E-state index contributed by atoms with van der Waals surface area (Å²) in [5.41, 5.74) is 5.32. The SMILES string of the molecule is CCCCC/C=C\CCCCCCCC(=O)NC(COP(=O)(O)OCCN)C(O)/C=C/CCCCCCCCC. The highest BCUT2D eigenvalue weighted by molar-refractivity contribution is 7.47. The molecule has 0 spiro atoms. The van der Waals surface area contributed by atoms with Crippen LogP contribution in [0.25, 0.3) is 0 Å². The third-order valence-corrected chi connectivity index (χ3v) is 7.76. The minimum absolute atomic E-state index is 0.0772. The first kappa shape index (κ1) is 39.0. The van der Waals surface area contributed by atoms with Gasteiger partial charge in [0, 0.05) is 13.0 Å². The number of hydrogen-bond donors (Lipinski definition) is 4. The second kappa shape index (κ2) is 28.1. The first-order valence-electron chi connectivity index (χ1n) is 16.0. The molecule has 8 nitrogen and oxygen atoms in total. The summed E-state index contributed by atoms with van der Waals surface area (Å²) in [5, 5.41) is 13.5. The number of phosphoric acid groups is 1. The lowest BCUT2D eigenvalue weighted by Crippen LogP contribution is -2.45. The number of amides is 1. The Bertz CT molecular complexity index is 689. The van der Waals surface area contributed by atoms with Gasteiger partial charge in [-0.3, -0.25) is 13.8 Å². The van der Waals surface area contributed by atoms with Crippen LogP contribution >= 0.6 is 7.82 Å². The van der Waals surface area contributed by atoms with Gasteiger partial charge in [0.25, 0.3) is 0 Å². The second-order valence-corrected chi connectivity index (χ2v) is 12.1. The Labute approximate surface area is 245 Å². The van der Waals surface area contributed by atoms with Gasteiger partial charge in [-0.25, -0.2) is 4.57 Å². The minimum Gasteiger partial charge on any atom is -0.387 e. The Morgan fingerprint density at radius 3 is 1.90 bits per heavy atom.